The maximum Gasteiger partial charge on any atom is 0.360 e. The number of nitrogens with zero attached hydrogens (tertiary/aromatic N) is 2. The quantitative estimate of drug-likeness (QED) is 0.488. The van der Waals surface area contributed by atoms with Gasteiger partial charge in [0, 0.05) is 29.5 Å². The standard InChI is InChI=1S/C20H20FN3O3/c1-27-20(26)19-18(25)8-6-14(24-19)4-2-3-10-22-17-9-11-23-16-7-5-13(21)12-15(16)17/h5-9,11-12,25H,2-4,10H2,1H3,(H,22,23). The third kappa shape index (κ3) is 4.49. The van der Waals surface area contributed by atoms with E-state index in [1.807, 2.05) is 6.07 Å². The van der Waals surface area contributed by atoms with Crippen LogP contribution in [0.3, 0.4) is 0 Å². The Labute approximate surface area is 156 Å². The van der Waals surface area contributed by atoms with Gasteiger partial charge in [-0.05, 0) is 55.7 Å². The van der Waals surface area contributed by atoms with Gasteiger partial charge in [-0.15, -0.1) is 0 Å². The first-order valence-electron chi connectivity index (χ1n) is 8.64. The second-order valence-electron chi connectivity index (χ2n) is 6.07. The van der Waals surface area contributed by atoms with Crippen LogP contribution in [-0.4, -0.2) is 34.7 Å². The van der Waals surface area contributed by atoms with Gasteiger partial charge in [-0.25, -0.2) is 14.2 Å². The van der Waals surface area contributed by atoms with Crippen LogP contribution in [0.4, 0.5) is 10.1 Å². The van der Waals surface area contributed by atoms with Crippen molar-refractivity contribution in [2.24, 2.45) is 0 Å². The number of pyridine rings is 2. The molecule has 0 saturated carbocycles. The number of fused-ring (bicyclic) bond motifs is 1. The van der Waals surface area contributed by atoms with Crippen LogP contribution in [0.2, 0.25) is 0 Å². The van der Waals surface area contributed by atoms with E-state index >= 15 is 0 Å². The van der Waals surface area contributed by atoms with Crippen molar-refractivity contribution in [3.05, 3.63) is 59.8 Å². The summed E-state index contributed by atoms with van der Waals surface area (Å²) in [5.41, 5.74) is 2.23. The summed E-state index contributed by atoms with van der Waals surface area (Å²) < 4.78 is 18.1. The van der Waals surface area contributed by atoms with Gasteiger partial charge in [0.1, 0.15) is 11.6 Å². The third-order valence-electron chi connectivity index (χ3n) is 4.19. The molecule has 2 N–H and O–H groups in total. The number of rotatable bonds is 7. The van der Waals surface area contributed by atoms with Gasteiger partial charge >= 0.3 is 5.97 Å². The smallest absolute Gasteiger partial charge is 0.360 e. The van der Waals surface area contributed by atoms with E-state index in [4.69, 9.17) is 0 Å². The zero-order chi connectivity index (χ0) is 19.2. The van der Waals surface area contributed by atoms with E-state index in [1.54, 1.807) is 18.3 Å². The predicted octanol–water partition coefficient (Wildman–Crippen LogP) is 3.70. The number of unbranched alkanes of at least 4 members (excludes halogenated alkanes) is 1. The summed E-state index contributed by atoms with van der Waals surface area (Å²) in [5, 5.41) is 13.7. The molecule has 0 amide bonds. The number of methoxy groups -OCH3 is 1. The molecule has 27 heavy (non-hydrogen) atoms. The Hall–Kier alpha value is -3.22. The van der Waals surface area contributed by atoms with Crippen molar-refractivity contribution in [2.75, 3.05) is 19.0 Å². The van der Waals surface area contributed by atoms with Crippen molar-refractivity contribution in [3.63, 3.8) is 0 Å². The van der Waals surface area contributed by atoms with E-state index < -0.39 is 5.97 Å². The fraction of sp³-hybridized carbons (Fsp3) is 0.250. The van der Waals surface area contributed by atoms with E-state index in [9.17, 15) is 14.3 Å². The molecule has 0 spiro atoms. The molecule has 0 aliphatic rings. The number of hydrogen-bond acceptors (Lipinski definition) is 6. The van der Waals surface area contributed by atoms with E-state index in [2.05, 4.69) is 20.0 Å². The maximum absolute atomic E-state index is 13.5. The summed E-state index contributed by atoms with van der Waals surface area (Å²) in [5.74, 6) is -1.14. The summed E-state index contributed by atoms with van der Waals surface area (Å²) in [7, 11) is 1.25. The minimum Gasteiger partial charge on any atom is -0.505 e. The Balaban J connectivity index is 1.54. The van der Waals surface area contributed by atoms with Gasteiger partial charge in [0.25, 0.3) is 0 Å². The molecule has 0 fully saturated rings. The Bertz CT molecular complexity index is 962. The molecule has 0 radical (unpaired) electrons. The van der Waals surface area contributed by atoms with Crippen LogP contribution < -0.4 is 5.32 Å². The zero-order valence-electron chi connectivity index (χ0n) is 14.9. The lowest BCUT2D eigenvalue weighted by Gasteiger charge is -2.10. The van der Waals surface area contributed by atoms with Gasteiger partial charge in [0.05, 0.1) is 12.6 Å². The summed E-state index contributed by atoms with van der Waals surface area (Å²) in [6.45, 7) is 0.706. The molecule has 3 aromatic rings. The molecule has 1 aromatic carbocycles. The molecule has 140 valence electrons. The highest BCUT2D eigenvalue weighted by Crippen LogP contribution is 2.22. The number of hydrogen-bond donors (Lipinski definition) is 2. The molecule has 0 atom stereocenters. The molecular weight excluding hydrogens is 349 g/mol. The molecule has 0 saturated heterocycles. The van der Waals surface area contributed by atoms with Gasteiger partial charge in [-0.3, -0.25) is 4.98 Å². The highest BCUT2D eigenvalue weighted by atomic mass is 19.1. The van der Waals surface area contributed by atoms with Crippen LogP contribution in [0.15, 0.2) is 42.6 Å². The van der Waals surface area contributed by atoms with Gasteiger partial charge in [0.2, 0.25) is 0 Å². The van der Waals surface area contributed by atoms with Crippen molar-refractivity contribution in [1.29, 1.82) is 0 Å². The maximum atomic E-state index is 13.5. The fourth-order valence-electron chi connectivity index (χ4n) is 2.81. The number of halogens is 1. The van der Waals surface area contributed by atoms with Crippen molar-refractivity contribution < 1.29 is 19.0 Å². The number of aryl methyl sites for hydroxylation is 1. The van der Waals surface area contributed by atoms with Crippen LogP contribution in [0.25, 0.3) is 10.9 Å². The molecule has 2 aromatic heterocycles. The van der Waals surface area contributed by atoms with Crippen LogP contribution in [0.5, 0.6) is 5.75 Å². The van der Waals surface area contributed by atoms with Crippen molar-refractivity contribution in [3.8, 4) is 5.75 Å². The summed E-state index contributed by atoms with van der Waals surface area (Å²) in [6.07, 6.45) is 4.05. The highest BCUT2D eigenvalue weighted by molar-refractivity contribution is 5.91. The summed E-state index contributed by atoms with van der Waals surface area (Å²) >= 11 is 0. The van der Waals surface area contributed by atoms with E-state index in [0.717, 1.165) is 29.4 Å². The normalized spacial score (nSPS) is 10.7. The van der Waals surface area contributed by atoms with Crippen molar-refractivity contribution in [2.45, 2.75) is 19.3 Å². The number of anilines is 1. The Morgan fingerprint density at radius 3 is 2.89 bits per heavy atom. The second-order valence-corrected chi connectivity index (χ2v) is 6.07. The topological polar surface area (TPSA) is 84.3 Å². The van der Waals surface area contributed by atoms with Crippen LogP contribution in [-0.2, 0) is 11.2 Å². The fourth-order valence-corrected chi connectivity index (χ4v) is 2.81. The Morgan fingerprint density at radius 1 is 1.22 bits per heavy atom. The SMILES string of the molecule is COC(=O)c1nc(CCCCNc2ccnc3ccc(F)cc23)ccc1O. The lowest BCUT2D eigenvalue weighted by molar-refractivity contribution is 0.0590. The van der Waals surface area contributed by atoms with Gasteiger partial charge in [-0.2, -0.15) is 0 Å². The molecule has 0 bridgehead atoms. The molecule has 0 aliphatic carbocycles. The number of nitrogens with one attached hydrogen (secondary N) is 1. The van der Waals surface area contributed by atoms with E-state index in [-0.39, 0.29) is 17.3 Å². The van der Waals surface area contributed by atoms with E-state index in [0.29, 0.717) is 18.7 Å². The van der Waals surface area contributed by atoms with Crippen molar-refractivity contribution in [1.82, 2.24) is 9.97 Å². The van der Waals surface area contributed by atoms with Crippen molar-refractivity contribution >= 4 is 22.6 Å². The molecule has 7 heteroatoms. The van der Waals surface area contributed by atoms with Gasteiger partial charge in [-0.1, -0.05) is 0 Å². The molecule has 0 aliphatic heterocycles. The number of ether oxygens (including phenoxy) is 1. The van der Waals surface area contributed by atoms with Crippen LogP contribution >= 0.6 is 0 Å². The first-order chi connectivity index (χ1) is 13.1. The zero-order valence-corrected chi connectivity index (χ0v) is 14.9. The van der Waals surface area contributed by atoms with Gasteiger partial charge < -0.3 is 15.2 Å². The highest BCUT2D eigenvalue weighted by Gasteiger charge is 2.14. The number of carbonyl (C=O) groups is 1. The predicted molar refractivity (Wildman–Crippen MR) is 100 cm³/mol. The first-order valence-corrected chi connectivity index (χ1v) is 8.64. The molecular formula is C20H20FN3O3. The average Bonchev–Trinajstić information content (AvgIpc) is 2.68. The molecule has 6 nitrogen and oxygen atoms in total. The number of carbonyl (C=O) groups excluding carboxylic acids is 1. The van der Waals surface area contributed by atoms with Crippen LogP contribution in [0.1, 0.15) is 29.0 Å². The summed E-state index contributed by atoms with van der Waals surface area (Å²) in [4.78, 5) is 19.9. The number of esters is 1. The first kappa shape index (κ1) is 18.6. The Morgan fingerprint density at radius 2 is 2.07 bits per heavy atom. The number of benzene rings is 1. The number of aromatic hydroxyl groups is 1. The minimum absolute atomic E-state index is 0.0709. The lowest BCUT2D eigenvalue weighted by atomic mass is 10.1. The monoisotopic (exact) mass is 369 g/mol. The average molecular weight is 369 g/mol. The minimum atomic E-state index is -0.659. The largest absolute Gasteiger partial charge is 0.505 e. The molecule has 0 unspecified atom stereocenters. The third-order valence-corrected chi connectivity index (χ3v) is 4.19. The van der Waals surface area contributed by atoms with E-state index in [1.165, 1.54) is 25.3 Å². The second kappa shape index (κ2) is 8.44. The Kier molecular flexibility index (Phi) is 5.80. The lowest BCUT2D eigenvalue weighted by Crippen LogP contribution is -2.07. The molecule has 3 rings (SSSR count). The number of aromatic nitrogens is 2. The van der Waals surface area contributed by atoms with Gasteiger partial charge in [0.15, 0.2) is 5.69 Å². The molecule has 2 heterocycles. The van der Waals surface area contributed by atoms with Crippen LogP contribution in [0, 0.1) is 5.82 Å². The summed E-state index contributed by atoms with van der Waals surface area (Å²) in [6, 6.07) is 9.49.